The van der Waals surface area contributed by atoms with Crippen LogP contribution in [0.4, 0.5) is 5.69 Å². The van der Waals surface area contributed by atoms with Gasteiger partial charge in [0.25, 0.3) is 0 Å². The molecule has 7 heteroatoms. The van der Waals surface area contributed by atoms with Crippen LogP contribution in [0.5, 0.6) is 0 Å². The van der Waals surface area contributed by atoms with Gasteiger partial charge in [0.1, 0.15) is 0 Å². The maximum Gasteiger partial charge on any atom is 0.193 e. The summed E-state index contributed by atoms with van der Waals surface area (Å²) >= 11 is 1.68. The molecule has 1 heterocycles. The molecule has 2 N–H and O–H groups in total. The number of halogens is 1. The van der Waals surface area contributed by atoms with Crippen molar-refractivity contribution in [3.63, 3.8) is 0 Å². The van der Waals surface area contributed by atoms with E-state index in [0.717, 1.165) is 48.4 Å². The van der Waals surface area contributed by atoms with Gasteiger partial charge in [-0.3, -0.25) is 4.99 Å². The first-order valence-electron chi connectivity index (χ1n) is 7.80. The smallest absolute Gasteiger partial charge is 0.193 e. The van der Waals surface area contributed by atoms with Crippen LogP contribution in [-0.2, 0) is 6.54 Å². The normalized spacial score (nSPS) is 10.9. The lowest BCUT2D eigenvalue weighted by molar-refractivity contribution is 0.470. The third kappa shape index (κ3) is 7.04. The number of aromatic nitrogens is 1. The molecule has 0 aliphatic rings. The van der Waals surface area contributed by atoms with Gasteiger partial charge in [0, 0.05) is 38.3 Å². The van der Waals surface area contributed by atoms with E-state index in [-0.39, 0.29) is 24.0 Å². The Kier molecular flexibility index (Phi) is 9.70. The van der Waals surface area contributed by atoms with Crippen molar-refractivity contribution in [3.05, 3.63) is 46.4 Å². The number of hydrogen-bond donors (Lipinski definition) is 2. The highest BCUT2D eigenvalue weighted by molar-refractivity contribution is 14.0. The van der Waals surface area contributed by atoms with Crippen LogP contribution in [0.1, 0.15) is 17.1 Å². The summed E-state index contributed by atoms with van der Waals surface area (Å²) in [4.78, 5) is 10.9. The van der Waals surface area contributed by atoms with E-state index < -0.39 is 0 Å². The maximum atomic E-state index is 4.49. The van der Waals surface area contributed by atoms with Crippen LogP contribution < -0.4 is 10.6 Å². The third-order valence-corrected chi connectivity index (χ3v) is 4.20. The van der Waals surface area contributed by atoms with E-state index >= 15 is 0 Å². The van der Waals surface area contributed by atoms with Gasteiger partial charge in [-0.25, -0.2) is 4.98 Å². The Hall–Kier alpha value is -1.35. The second kappa shape index (κ2) is 11.2. The molecule has 0 spiro atoms. The molecule has 24 heavy (non-hydrogen) atoms. The molecule has 0 radical (unpaired) electrons. The number of aryl methyl sites for hydroxylation is 1. The second-order valence-corrected chi connectivity index (χ2v) is 6.40. The molecule has 0 saturated carbocycles. The number of thiazole rings is 1. The van der Waals surface area contributed by atoms with Crippen molar-refractivity contribution in [1.29, 1.82) is 0 Å². The fraction of sp³-hybridized carbons (Fsp3) is 0.412. The topological polar surface area (TPSA) is 52.6 Å². The molecule has 0 aliphatic heterocycles. The Bertz CT molecular complexity index is 614. The Balaban J connectivity index is 0.00000288. The van der Waals surface area contributed by atoms with Crippen molar-refractivity contribution >= 4 is 47.0 Å². The van der Waals surface area contributed by atoms with Crippen molar-refractivity contribution in [2.24, 2.45) is 4.99 Å². The number of hydrogen-bond acceptors (Lipinski definition) is 4. The van der Waals surface area contributed by atoms with Gasteiger partial charge in [-0.2, -0.15) is 0 Å². The summed E-state index contributed by atoms with van der Waals surface area (Å²) in [5.41, 5.74) is 2.25. The zero-order chi connectivity index (χ0) is 16.5. The van der Waals surface area contributed by atoms with Crippen molar-refractivity contribution in [2.75, 3.05) is 32.5 Å². The van der Waals surface area contributed by atoms with Gasteiger partial charge in [0.15, 0.2) is 5.96 Å². The highest BCUT2D eigenvalue weighted by Crippen LogP contribution is 2.09. The van der Waals surface area contributed by atoms with Crippen LogP contribution in [0.2, 0.25) is 0 Å². The van der Waals surface area contributed by atoms with E-state index in [4.69, 9.17) is 0 Å². The van der Waals surface area contributed by atoms with E-state index in [1.807, 2.05) is 39.2 Å². The largest absolute Gasteiger partial charge is 0.385 e. The molecule has 2 aromatic rings. The van der Waals surface area contributed by atoms with Gasteiger partial charge >= 0.3 is 0 Å². The summed E-state index contributed by atoms with van der Waals surface area (Å²) < 4.78 is 0. The molecule has 2 rings (SSSR count). The molecule has 0 bridgehead atoms. The van der Waals surface area contributed by atoms with Crippen LogP contribution in [0.15, 0.2) is 40.7 Å². The van der Waals surface area contributed by atoms with E-state index in [9.17, 15) is 0 Å². The number of aliphatic imine (C=N–C) groups is 1. The van der Waals surface area contributed by atoms with E-state index in [1.165, 1.54) is 0 Å². The molecule has 0 amide bonds. The van der Waals surface area contributed by atoms with Gasteiger partial charge in [-0.05, 0) is 25.5 Å². The molecule has 132 valence electrons. The van der Waals surface area contributed by atoms with Crippen molar-refractivity contribution in [1.82, 2.24) is 15.2 Å². The molecule has 0 atom stereocenters. The number of guanidine groups is 1. The number of rotatable bonds is 7. The highest BCUT2D eigenvalue weighted by Gasteiger charge is 2.08. The summed E-state index contributed by atoms with van der Waals surface area (Å²) in [6, 6.07) is 10.3. The molecule has 1 aromatic heterocycles. The molecule has 0 unspecified atom stereocenters. The summed E-state index contributed by atoms with van der Waals surface area (Å²) in [5.74, 6) is 0.898. The molecular formula is C17H26IN5S. The van der Waals surface area contributed by atoms with E-state index in [0.29, 0.717) is 0 Å². The lowest BCUT2D eigenvalue weighted by Crippen LogP contribution is -2.39. The molecular weight excluding hydrogens is 433 g/mol. The predicted molar refractivity (Wildman–Crippen MR) is 115 cm³/mol. The zero-order valence-electron chi connectivity index (χ0n) is 14.5. The predicted octanol–water partition coefficient (Wildman–Crippen LogP) is 3.58. The first-order valence-corrected chi connectivity index (χ1v) is 8.68. The van der Waals surface area contributed by atoms with Crippen LogP contribution in [0.3, 0.4) is 0 Å². The third-order valence-electron chi connectivity index (χ3n) is 3.38. The quantitative estimate of drug-likeness (QED) is 0.288. The fourth-order valence-electron chi connectivity index (χ4n) is 2.26. The highest BCUT2D eigenvalue weighted by atomic mass is 127. The molecule has 0 aliphatic carbocycles. The van der Waals surface area contributed by atoms with Gasteiger partial charge in [-0.15, -0.1) is 35.3 Å². The molecule has 5 nitrogen and oxygen atoms in total. The summed E-state index contributed by atoms with van der Waals surface area (Å²) in [7, 11) is 3.85. The monoisotopic (exact) mass is 459 g/mol. The van der Waals surface area contributed by atoms with E-state index in [1.54, 1.807) is 11.3 Å². The van der Waals surface area contributed by atoms with Crippen molar-refractivity contribution in [2.45, 2.75) is 19.9 Å². The fourth-order valence-corrected chi connectivity index (χ4v) is 2.86. The number of nitrogens with zero attached hydrogens (tertiary/aromatic N) is 3. The molecule has 0 saturated heterocycles. The first-order chi connectivity index (χ1) is 11.2. The van der Waals surface area contributed by atoms with Crippen LogP contribution in [0.25, 0.3) is 0 Å². The van der Waals surface area contributed by atoms with Gasteiger partial charge in [-0.1, -0.05) is 18.2 Å². The SMILES string of the molecule is CN=C(NCCCNc1ccccc1)N(C)Cc1csc(C)n1.I. The lowest BCUT2D eigenvalue weighted by atomic mass is 10.3. The molecule has 1 aromatic carbocycles. The number of anilines is 1. The van der Waals surface area contributed by atoms with Gasteiger partial charge in [0.05, 0.1) is 17.2 Å². The minimum Gasteiger partial charge on any atom is -0.385 e. The Morgan fingerprint density at radius 3 is 2.62 bits per heavy atom. The lowest BCUT2D eigenvalue weighted by Gasteiger charge is -2.21. The van der Waals surface area contributed by atoms with Crippen molar-refractivity contribution in [3.8, 4) is 0 Å². The Labute approximate surface area is 165 Å². The van der Waals surface area contributed by atoms with Gasteiger partial charge in [0.2, 0.25) is 0 Å². The maximum absolute atomic E-state index is 4.49. The van der Waals surface area contributed by atoms with Crippen molar-refractivity contribution < 1.29 is 0 Å². The summed E-state index contributed by atoms with van der Waals surface area (Å²) in [5, 5.41) is 10.0. The first kappa shape index (κ1) is 20.7. The second-order valence-electron chi connectivity index (χ2n) is 5.33. The molecule has 0 fully saturated rings. The minimum absolute atomic E-state index is 0. The zero-order valence-corrected chi connectivity index (χ0v) is 17.6. The van der Waals surface area contributed by atoms with Crippen LogP contribution >= 0.6 is 35.3 Å². The number of para-hydroxylation sites is 1. The average molecular weight is 459 g/mol. The summed E-state index contributed by atoms with van der Waals surface area (Å²) in [6.45, 7) is 4.61. The van der Waals surface area contributed by atoms with Gasteiger partial charge < -0.3 is 15.5 Å². The minimum atomic E-state index is 0. The summed E-state index contributed by atoms with van der Waals surface area (Å²) in [6.07, 6.45) is 1.03. The van der Waals surface area contributed by atoms with Crippen LogP contribution in [0, 0.1) is 6.92 Å². The van der Waals surface area contributed by atoms with E-state index in [2.05, 4.69) is 43.0 Å². The Morgan fingerprint density at radius 1 is 1.25 bits per heavy atom. The standard InChI is InChI=1S/C17H25N5S.HI/c1-14-21-16(13-23-14)12-22(3)17(18-2)20-11-7-10-19-15-8-5-4-6-9-15;/h4-6,8-9,13,19H,7,10-12H2,1-3H3,(H,18,20);1H. The number of benzene rings is 1. The number of nitrogens with one attached hydrogen (secondary N) is 2. The van der Waals surface area contributed by atoms with Crippen LogP contribution in [-0.4, -0.2) is 43.0 Å². The average Bonchev–Trinajstić information content (AvgIpc) is 2.96. The Morgan fingerprint density at radius 2 is 2.00 bits per heavy atom.